The quantitative estimate of drug-likeness (QED) is 0.381. The van der Waals surface area contributed by atoms with Gasteiger partial charge in [-0.25, -0.2) is 0 Å². The van der Waals surface area contributed by atoms with Crippen LogP contribution in [-0.2, 0) is 11.2 Å². The van der Waals surface area contributed by atoms with Crippen LogP contribution in [0, 0.1) is 10.1 Å². The van der Waals surface area contributed by atoms with Gasteiger partial charge in [0.1, 0.15) is 0 Å². The Morgan fingerprint density at radius 1 is 1.26 bits per heavy atom. The minimum Gasteiger partial charge on any atom is -0.472 e. The third-order valence-corrected chi connectivity index (χ3v) is 5.63. The summed E-state index contributed by atoms with van der Waals surface area (Å²) in [6.45, 7) is 0.601. The van der Waals surface area contributed by atoms with Crippen molar-refractivity contribution in [2.45, 2.75) is 12.5 Å². The average molecular weight is 380 g/mol. The molecule has 1 aliphatic heterocycles. The van der Waals surface area contributed by atoms with Gasteiger partial charge in [-0.3, -0.25) is 14.9 Å². The molecule has 0 spiro atoms. The van der Waals surface area contributed by atoms with Gasteiger partial charge in [0.2, 0.25) is 5.91 Å². The molecule has 0 aliphatic carbocycles. The van der Waals surface area contributed by atoms with Gasteiger partial charge in [0.05, 0.1) is 23.5 Å². The molecule has 0 bridgehead atoms. The van der Waals surface area contributed by atoms with Crippen LogP contribution in [0.4, 0.5) is 5.69 Å². The molecule has 4 rings (SSSR count). The fraction of sp³-hybridized carbons (Fsp3) is 0.150. The van der Waals surface area contributed by atoms with Crippen LogP contribution in [0.2, 0.25) is 0 Å². The first-order valence-electron chi connectivity index (χ1n) is 8.45. The number of nitrogens with zero attached hydrogens (tertiary/aromatic N) is 2. The molecular weight excluding hydrogens is 364 g/mol. The van der Waals surface area contributed by atoms with Crippen LogP contribution in [0.25, 0.3) is 6.08 Å². The van der Waals surface area contributed by atoms with E-state index in [1.54, 1.807) is 54.2 Å². The predicted octanol–water partition coefficient (Wildman–Crippen LogP) is 4.44. The van der Waals surface area contributed by atoms with Crippen molar-refractivity contribution in [3.63, 3.8) is 0 Å². The Balaban J connectivity index is 1.67. The summed E-state index contributed by atoms with van der Waals surface area (Å²) in [6.07, 6.45) is 7.21. The maximum Gasteiger partial charge on any atom is 0.269 e. The lowest BCUT2D eigenvalue weighted by Crippen LogP contribution is -2.39. The molecule has 3 heterocycles. The lowest BCUT2D eigenvalue weighted by Gasteiger charge is -2.35. The highest BCUT2D eigenvalue weighted by molar-refractivity contribution is 7.10. The summed E-state index contributed by atoms with van der Waals surface area (Å²) < 4.78 is 5.02. The molecule has 0 fully saturated rings. The largest absolute Gasteiger partial charge is 0.472 e. The topological polar surface area (TPSA) is 76.6 Å². The lowest BCUT2D eigenvalue weighted by molar-refractivity contribution is -0.384. The van der Waals surface area contributed by atoms with E-state index in [0.717, 1.165) is 23.1 Å². The highest BCUT2D eigenvalue weighted by atomic mass is 32.1. The van der Waals surface area contributed by atoms with E-state index in [1.165, 1.54) is 17.0 Å². The third kappa shape index (κ3) is 3.41. The number of thiophene rings is 1. The average Bonchev–Trinajstić information content (AvgIpc) is 3.36. The zero-order valence-corrected chi connectivity index (χ0v) is 15.1. The van der Waals surface area contributed by atoms with Gasteiger partial charge >= 0.3 is 0 Å². The number of hydrogen-bond acceptors (Lipinski definition) is 5. The molecule has 1 atom stereocenters. The number of furan rings is 1. The fourth-order valence-corrected chi connectivity index (χ4v) is 4.23. The molecule has 7 heteroatoms. The van der Waals surface area contributed by atoms with E-state index >= 15 is 0 Å². The highest BCUT2D eigenvalue weighted by Crippen LogP contribution is 2.38. The number of nitro benzene ring substituents is 1. The van der Waals surface area contributed by atoms with Gasteiger partial charge in [0.15, 0.2) is 0 Å². The summed E-state index contributed by atoms with van der Waals surface area (Å²) >= 11 is 1.68. The molecule has 2 aromatic heterocycles. The van der Waals surface area contributed by atoms with Gasteiger partial charge in [0, 0.05) is 35.2 Å². The summed E-state index contributed by atoms with van der Waals surface area (Å²) in [5.41, 5.74) is 2.82. The second-order valence-electron chi connectivity index (χ2n) is 6.22. The van der Waals surface area contributed by atoms with Crippen LogP contribution in [-0.4, -0.2) is 22.3 Å². The summed E-state index contributed by atoms with van der Waals surface area (Å²) in [5, 5.41) is 13.0. The molecule has 0 radical (unpaired) electrons. The van der Waals surface area contributed by atoms with E-state index < -0.39 is 4.92 Å². The number of non-ortho nitro benzene ring substituents is 1. The number of fused-ring (bicyclic) bond motifs is 1. The first-order valence-corrected chi connectivity index (χ1v) is 9.33. The number of carbonyl (C=O) groups is 1. The standard InChI is InChI=1S/C20H16N2O4S/c23-19(6-1-14-8-11-26-13-14)21-10-7-18-17(9-12-27-18)20(21)15-2-4-16(5-3-15)22(24)25/h1-6,8-9,11-13,20H,7,10H2. The van der Waals surface area contributed by atoms with Crippen LogP contribution in [0.15, 0.2) is 64.8 Å². The van der Waals surface area contributed by atoms with E-state index in [4.69, 9.17) is 4.42 Å². The molecule has 1 unspecified atom stereocenters. The number of rotatable bonds is 4. The smallest absolute Gasteiger partial charge is 0.269 e. The van der Waals surface area contributed by atoms with Crippen molar-refractivity contribution >= 4 is 29.0 Å². The zero-order valence-electron chi connectivity index (χ0n) is 14.3. The maximum absolute atomic E-state index is 12.9. The molecule has 3 aromatic rings. The number of nitro groups is 1. The van der Waals surface area contributed by atoms with Crippen molar-refractivity contribution in [1.82, 2.24) is 4.90 Å². The van der Waals surface area contributed by atoms with Crippen molar-refractivity contribution < 1.29 is 14.1 Å². The number of amides is 1. The van der Waals surface area contributed by atoms with Crippen LogP contribution >= 0.6 is 11.3 Å². The summed E-state index contributed by atoms with van der Waals surface area (Å²) in [5.74, 6) is -0.101. The van der Waals surface area contributed by atoms with Gasteiger partial charge < -0.3 is 9.32 Å². The van der Waals surface area contributed by atoms with Crippen molar-refractivity contribution in [3.8, 4) is 0 Å². The van der Waals surface area contributed by atoms with Crippen LogP contribution < -0.4 is 0 Å². The predicted molar refractivity (Wildman–Crippen MR) is 102 cm³/mol. The van der Waals surface area contributed by atoms with E-state index in [0.29, 0.717) is 6.54 Å². The lowest BCUT2D eigenvalue weighted by atomic mass is 9.93. The first-order chi connectivity index (χ1) is 13.1. The van der Waals surface area contributed by atoms with Crippen LogP contribution in [0.5, 0.6) is 0 Å². The van der Waals surface area contributed by atoms with Crippen LogP contribution in [0.1, 0.15) is 27.6 Å². The van der Waals surface area contributed by atoms with Gasteiger partial charge in [-0.1, -0.05) is 0 Å². The Kier molecular flexibility index (Phi) is 4.60. The second-order valence-corrected chi connectivity index (χ2v) is 7.22. The van der Waals surface area contributed by atoms with E-state index in [2.05, 4.69) is 0 Å². The summed E-state index contributed by atoms with van der Waals surface area (Å²) in [6, 6.07) is 10.0. The van der Waals surface area contributed by atoms with Gasteiger partial charge in [0.25, 0.3) is 5.69 Å². The minimum atomic E-state index is -0.419. The van der Waals surface area contributed by atoms with Crippen LogP contribution in [0.3, 0.4) is 0 Å². The molecule has 1 amide bonds. The molecular formula is C20H16N2O4S. The Labute approximate surface area is 159 Å². The molecule has 27 heavy (non-hydrogen) atoms. The SMILES string of the molecule is O=C(C=Cc1ccoc1)N1CCc2sccc2C1c1ccc([N+](=O)[O-])cc1. The molecule has 1 aromatic carbocycles. The molecule has 0 saturated carbocycles. The normalized spacial score (nSPS) is 16.4. The van der Waals surface area contributed by atoms with Gasteiger partial charge in [-0.2, -0.15) is 0 Å². The third-order valence-electron chi connectivity index (χ3n) is 4.63. The number of carbonyl (C=O) groups excluding carboxylic acids is 1. The Morgan fingerprint density at radius 3 is 2.78 bits per heavy atom. The van der Waals surface area contributed by atoms with Gasteiger partial charge in [-0.15, -0.1) is 11.3 Å². The maximum atomic E-state index is 12.9. The Morgan fingerprint density at radius 2 is 2.07 bits per heavy atom. The van der Waals surface area contributed by atoms with Gasteiger partial charge in [-0.05, 0) is 53.3 Å². The van der Waals surface area contributed by atoms with E-state index in [9.17, 15) is 14.9 Å². The second kappa shape index (κ2) is 7.20. The molecule has 6 nitrogen and oxygen atoms in total. The first kappa shape index (κ1) is 17.2. The Bertz CT molecular complexity index is 989. The number of hydrogen-bond donors (Lipinski definition) is 0. The van der Waals surface area contributed by atoms with E-state index in [-0.39, 0.29) is 17.6 Å². The molecule has 1 aliphatic rings. The molecule has 136 valence electrons. The molecule has 0 saturated heterocycles. The summed E-state index contributed by atoms with van der Waals surface area (Å²) in [4.78, 5) is 26.5. The molecule has 0 N–H and O–H groups in total. The summed E-state index contributed by atoms with van der Waals surface area (Å²) in [7, 11) is 0. The Hall–Kier alpha value is -3.19. The highest BCUT2D eigenvalue weighted by Gasteiger charge is 2.32. The number of benzene rings is 1. The van der Waals surface area contributed by atoms with Crippen molar-refractivity contribution in [2.75, 3.05) is 6.54 Å². The van der Waals surface area contributed by atoms with Crippen molar-refractivity contribution in [3.05, 3.63) is 92.1 Å². The van der Waals surface area contributed by atoms with E-state index in [1.807, 2.05) is 16.3 Å². The minimum absolute atomic E-state index is 0.0397. The fourth-order valence-electron chi connectivity index (χ4n) is 3.32. The van der Waals surface area contributed by atoms with Crippen molar-refractivity contribution in [1.29, 1.82) is 0 Å². The zero-order chi connectivity index (χ0) is 18.8. The monoisotopic (exact) mass is 380 g/mol. The van der Waals surface area contributed by atoms with Crippen molar-refractivity contribution in [2.24, 2.45) is 0 Å².